The normalized spacial score (nSPS) is 15.9. The third kappa shape index (κ3) is 6.77. The first kappa shape index (κ1) is 15.2. The Bertz CT molecular complexity index is 278. The van der Waals surface area contributed by atoms with Crippen LogP contribution in [0.5, 0.6) is 0 Å². The molecule has 102 valence electrons. The van der Waals surface area contributed by atoms with E-state index in [1.54, 1.807) is 0 Å². The fourth-order valence-electron chi connectivity index (χ4n) is 2.18. The molecule has 0 saturated carbocycles. The molecule has 1 aliphatic rings. The second-order valence-corrected chi connectivity index (χ2v) is 4.95. The Hall–Kier alpha value is -0.860. The monoisotopic (exact) mass is 248 g/mol. The van der Waals surface area contributed by atoms with Crippen LogP contribution in [0, 0.1) is 0 Å². The van der Waals surface area contributed by atoms with Crippen LogP contribution in [0.1, 0.15) is 44.6 Å². The van der Waals surface area contributed by atoms with Crippen LogP contribution in [0.15, 0.2) is 30.3 Å². The Morgan fingerprint density at radius 3 is 2.22 bits per heavy atom. The second kappa shape index (κ2) is 10.1. The van der Waals surface area contributed by atoms with Crippen LogP contribution < -0.4 is 5.73 Å². The van der Waals surface area contributed by atoms with Gasteiger partial charge in [-0.05, 0) is 44.5 Å². The fourth-order valence-corrected chi connectivity index (χ4v) is 2.18. The number of hydrogen-bond donors (Lipinski definition) is 1. The minimum atomic E-state index is 0.640. The van der Waals surface area contributed by atoms with Gasteiger partial charge in [0.05, 0.1) is 0 Å². The van der Waals surface area contributed by atoms with Gasteiger partial charge in [-0.3, -0.25) is 0 Å². The molecule has 1 saturated heterocycles. The van der Waals surface area contributed by atoms with Gasteiger partial charge < -0.3 is 10.6 Å². The Morgan fingerprint density at radius 2 is 1.72 bits per heavy atom. The Morgan fingerprint density at radius 1 is 1.06 bits per heavy atom. The van der Waals surface area contributed by atoms with Crippen LogP contribution in [0.2, 0.25) is 0 Å². The average molecular weight is 248 g/mol. The number of nitrogens with zero attached hydrogens (tertiary/aromatic N) is 1. The van der Waals surface area contributed by atoms with Crippen molar-refractivity contribution >= 4 is 0 Å². The largest absolute Gasteiger partial charge is 0.326 e. The van der Waals surface area contributed by atoms with E-state index in [-0.39, 0.29) is 0 Å². The van der Waals surface area contributed by atoms with Gasteiger partial charge in [-0.1, -0.05) is 50.1 Å². The van der Waals surface area contributed by atoms with E-state index in [1.165, 1.54) is 57.3 Å². The summed E-state index contributed by atoms with van der Waals surface area (Å²) in [5, 5.41) is 0. The summed E-state index contributed by atoms with van der Waals surface area (Å²) in [4.78, 5) is 2.60. The maximum atomic E-state index is 5.35. The van der Waals surface area contributed by atoms with E-state index in [1.807, 2.05) is 30.3 Å². The van der Waals surface area contributed by atoms with Gasteiger partial charge >= 0.3 is 0 Å². The minimum absolute atomic E-state index is 0.640. The lowest BCUT2D eigenvalue weighted by Gasteiger charge is -2.25. The molecule has 2 nitrogen and oxygen atoms in total. The summed E-state index contributed by atoms with van der Waals surface area (Å²) in [6.45, 7) is 6.97. The van der Waals surface area contributed by atoms with Crippen molar-refractivity contribution in [2.24, 2.45) is 5.73 Å². The summed E-state index contributed by atoms with van der Waals surface area (Å²) < 4.78 is 0. The van der Waals surface area contributed by atoms with Crippen molar-refractivity contribution in [1.82, 2.24) is 4.90 Å². The van der Waals surface area contributed by atoms with Gasteiger partial charge in [-0.25, -0.2) is 0 Å². The molecule has 2 rings (SSSR count). The quantitative estimate of drug-likeness (QED) is 0.884. The van der Waals surface area contributed by atoms with Gasteiger partial charge in [-0.2, -0.15) is 0 Å². The molecule has 1 fully saturated rings. The number of nitrogens with two attached hydrogens (primary N) is 1. The summed E-state index contributed by atoms with van der Waals surface area (Å²) in [7, 11) is 0. The Balaban J connectivity index is 0.000000184. The van der Waals surface area contributed by atoms with Gasteiger partial charge in [0.2, 0.25) is 0 Å². The predicted molar refractivity (Wildman–Crippen MR) is 79.5 cm³/mol. The molecule has 0 atom stereocenters. The summed E-state index contributed by atoms with van der Waals surface area (Å²) in [6.07, 6.45) is 7.06. The summed E-state index contributed by atoms with van der Waals surface area (Å²) in [6, 6.07) is 9.99. The SMILES string of the molecule is CCCCN1CCCCC1.NCc1ccccc1. The molecule has 0 radical (unpaired) electrons. The van der Waals surface area contributed by atoms with Crippen LogP contribution in [0.3, 0.4) is 0 Å². The van der Waals surface area contributed by atoms with E-state index in [0.29, 0.717) is 6.54 Å². The minimum Gasteiger partial charge on any atom is -0.326 e. The van der Waals surface area contributed by atoms with E-state index in [2.05, 4.69) is 11.8 Å². The zero-order valence-electron chi connectivity index (χ0n) is 11.8. The first-order valence-corrected chi connectivity index (χ1v) is 7.33. The lowest BCUT2D eigenvalue weighted by atomic mass is 10.1. The Labute approximate surface area is 112 Å². The summed E-state index contributed by atoms with van der Waals surface area (Å²) >= 11 is 0. The molecule has 1 aromatic rings. The number of rotatable bonds is 4. The number of piperidine rings is 1. The topological polar surface area (TPSA) is 29.3 Å². The fraction of sp³-hybridized carbons (Fsp3) is 0.625. The highest BCUT2D eigenvalue weighted by atomic mass is 15.1. The molecule has 0 spiro atoms. The molecule has 0 unspecified atom stereocenters. The maximum Gasteiger partial charge on any atom is 0.0178 e. The summed E-state index contributed by atoms with van der Waals surface area (Å²) in [5.41, 5.74) is 6.54. The number of likely N-dealkylation sites (tertiary alicyclic amines) is 1. The molecule has 2 heteroatoms. The van der Waals surface area contributed by atoms with Crippen LogP contribution in [-0.4, -0.2) is 24.5 Å². The van der Waals surface area contributed by atoms with Crippen LogP contribution in [0.25, 0.3) is 0 Å². The molecule has 0 amide bonds. The third-order valence-corrected chi connectivity index (χ3v) is 3.36. The van der Waals surface area contributed by atoms with Gasteiger partial charge in [0, 0.05) is 6.54 Å². The van der Waals surface area contributed by atoms with E-state index >= 15 is 0 Å². The van der Waals surface area contributed by atoms with E-state index in [9.17, 15) is 0 Å². The van der Waals surface area contributed by atoms with E-state index in [4.69, 9.17) is 5.73 Å². The first-order valence-electron chi connectivity index (χ1n) is 7.33. The van der Waals surface area contributed by atoms with Gasteiger partial charge in [0.15, 0.2) is 0 Å². The van der Waals surface area contributed by atoms with Crippen LogP contribution in [-0.2, 0) is 6.54 Å². The summed E-state index contributed by atoms with van der Waals surface area (Å²) in [5.74, 6) is 0. The molecule has 1 aromatic carbocycles. The molecule has 18 heavy (non-hydrogen) atoms. The molecule has 1 aliphatic heterocycles. The van der Waals surface area contributed by atoms with Crippen molar-refractivity contribution in [2.75, 3.05) is 19.6 Å². The van der Waals surface area contributed by atoms with Crippen molar-refractivity contribution in [3.05, 3.63) is 35.9 Å². The first-order chi connectivity index (χ1) is 8.86. The van der Waals surface area contributed by atoms with Crippen LogP contribution >= 0.6 is 0 Å². The molecule has 0 aromatic heterocycles. The lowest BCUT2D eigenvalue weighted by molar-refractivity contribution is 0.226. The third-order valence-electron chi connectivity index (χ3n) is 3.36. The molecule has 2 N–H and O–H groups in total. The standard InChI is InChI=1S/C9H19N.C7H9N/c1-2-3-7-10-8-5-4-6-9-10;8-6-7-4-2-1-3-5-7/h2-9H2,1H3;1-5H,6,8H2. The van der Waals surface area contributed by atoms with Crippen molar-refractivity contribution in [2.45, 2.75) is 45.6 Å². The predicted octanol–water partition coefficient (Wildman–Crippen LogP) is 3.42. The van der Waals surface area contributed by atoms with E-state index in [0.717, 1.165) is 0 Å². The molecule has 0 aliphatic carbocycles. The van der Waals surface area contributed by atoms with E-state index < -0.39 is 0 Å². The Kier molecular flexibility index (Phi) is 8.53. The second-order valence-electron chi connectivity index (χ2n) is 4.95. The lowest BCUT2D eigenvalue weighted by Crippen LogP contribution is -2.30. The zero-order chi connectivity index (χ0) is 13.1. The molecular weight excluding hydrogens is 220 g/mol. The number of hydrogen-bond acceptors (Lipinski definition) is 2. The smallest absolute Gasteiger partial charge is 0.0178 e. The average Bonchev–Trinajstić information content (AvgIpc) is 2.48. The number of benzene rings is 1. The molecule has 1 heterocycles. The van der Waals surface area contributed by atoms with Crippen molar-refractivity contribution < 1.29 is 0 Å². The molecule has 0 bridgehead atoms. The number of unbranched alkanes of at least 4 members (excludes halogenated alkanes) is 1. The van der Waals surface area contributed by atoms with Gasteiger partial charge in [0.1, 0.15) is 0 Å². The maximum absolute atomic E-state index is 5.35. The molecular formula is C16H28N2. The van der Waals surface area contributed by atoms with Gasteiger partial charge in [0.25, 0.3) is 0 Å². The highest BCUT2D eigenvalue weighted by Gasteiger charge is 2.07. The van der Waals surface area contributed by atoms with Crippen molar-refractivity contribution in [1.29, 1.82) is 0 Å². The highest BCUT2D eigenvalue weighted by molar-refractivity contribution is 5.13. The highest BCUT2D eigenvalue weighted by Crippen LogP contribution is 2.08. The zero-order valence-corrected chi connectivity index (χ0v) is 11.8. The van der Waals surface area contributed by atoms with Crippen molar-refractivity contribution in [3.63, 3.8) is 0 Å². The van der Waals surface area contributed by atoms with Gasteiger partial charge in [-0.15, -0.1) is 0 Å². The van der Waals surface area contributed by atoms with Crippen LogP contribution in [0.4, 0.5) is 0 Å². The van der Waals surface area contributed by atoms with Crippen molar-refractivity contribution in [3.8, 4) is 0 Å².